The van der Waals surface area contributed by atoms with Gasteiger partial charge in [0, 0.05) is 5.39 Å². The molecule has 1 nitrogen and oxygen atoms in total. The van der Waals surface area contributed by atoms with E-state index in [1.165, 1.54) is 12.1 Å². The molecule has 4 rings (SSSR count). The summed E-state index contributed by atoms with van der Waals surface area (Å²) in [7, 11) is 0. The van der Waals surface area contributed by atoms with Crippen LogP contribution in [-0.2, 0) is 32.1 Å². The van der Waals surface area contributed by atoms with E-state index in [4.69, 9.17) is 0 Å². The van der Waals surface area contributed by atoms with Gasteiger partial charge in [0.15, 0.2) is 0 Å². The molecule has 0 amide bonds. The molecule has 0 N–H and O–H groups in total. The summed E-state index contributed by atoms with van der Waals surface area (Å²) in [5, 5.41) is 1.30. The Morgan fingerprint density at radius 1 is 0.632 bits per heavy atom. The van der Waals surface area contributed by atoms with Crippen LogP contribution in [-0.4, -0.2) is 6.36 Å². The SMILES string of the molecule is CCCCCc1ccc(CCc2ccc3c(F)c(CCc4ccc(OC(F)(F)F)cc4)ccc3c2)c(F)c1. The summed E-state index contributed by atoms with van der Waals surface area (Å²) in [4.78, 5) is 0. The lowest BCUT2D eigenvalue weighted by molar-refractivity contribution is -0.274. The number of hydrogen-bond acceptors (Lipinski definition) is 1. The van der Waals surface area contributed by atoms with Crippen molar-refractivity contribution in [2.24, 2.45) is 0 Å². The molecule has 4 aromatic carbocycles. The minimum Gasteiger partial charge on any atom is -0.406 e. The highest BCUT2D eigenvalue weighted by atomic mass is 19.4. The maximum atomic E-state index is 15.2. The van der Waals surface area contributed by atoms with Gasteiger partial charge in [-0.15, -0.1) is 13.2 Å². The summed E-state index contributed by atoms with van der Waals surface area (Å²) in [5.41, 5.74) is 4.06. The van der Waals surface area contributed by atoms with E-state index in [1.54, 1.807) is 30.3 Å². The van der Waals surface area contributed by atoms with E-state index in [1.807, 2.05) is 30.3 Å². The second kappa shape index (κ2) is 12.4. The fourth-order valence-electron chi connectivity index (χ4n) is 4.68. The summed E-state index contributed by atoms with van der Waals surface area (Å²) < 4.78 is 70.7. The molecule has 0 aliphatic heterocycles. The van der Waals surface area contributed by atoms with Gasteiger partial charge in [0.2, 0.25) is 0 Å². The number of benzene rings is 4. The number of unbranched alkanes of at least 4 members (excludes halogenated alkanes) is 2. The zero-order valence-corrected chi connectivity index (χ0v) is 21.4. The summed E-state index contributed by atoms with van der Waals surface area (Å²) in [5.74, 6) is -0.745. The van der Waals surface area contributed by atoms with Gasteiger partial charge >= 0.3 is 6.36 Å². The van der Waals surface area contributed by atoms with Crippen LogP contribution in [0.25, 0.3) is 10.8 Å². The van der Waals surface area contributed by atoms with Crippen molar-refractivity contribution in [3.8, 4) is 5.75 Å². The molecule has 0 aliphatic carbocycles. The summed E-state index contributed by atoms with van der Waals surface area (Å²) in [6, 6.07) is 20.4. The van der Waals surface area contributed by atoms with Gasteiger partial charge in [-0.05, 0) is 89.9 Å². The Kier molecular flexibility index (Phi) is 9.03. The molecule has 0 atom stereocenters. The molecule has 200 valence electrons. The van der Waals surface area contributed by atoms with Crippen LogP contribution in [0.15, 0.2) is 72.8 Å². The number of hydrogen-bond donors (Lipinski definition) is 0. The lowest BCUT2D eigenvalue weighted by atomic mass is 9.96. The largest absolute Gasteiger partial charge is 0.573 e. The molecule has 0 heterocycles. The van der Waals surface area contributed by atoms with Crippen molar-refractivity contribution in [3.63, 3.8) is 0 Å². The van der Waals surface area contributed by atoms with E-state index in [0.29, 0.717) is 42.2 Å². The number of rotatable bonds is 11. The average Bonchev–Trinajstić information content (AvgIpc) is 2.88. The lowest BCUT2D eigenvalue weighted by Gasteiger charge is -2.11. The number of halogens is 5. The topological polar surface area (TPSA) is 9.23 Å². The van der Waals surface area contributed by atoms with Crippen LogP contribution in [0.5, 0.6) is 5.75 Å². The van der Waals surface area contributed by atoms with Gasteiger partial charge < -0.3 is 4.74 Å². The first-order chi connectivity index (χ1) is 18.2. The summed E-state index contributed by atoms with van der Waals surface area (Å²) in [6.45, 7) is 2.15. The van der Waals surface area contributed by atoms with Crippen molar-refractivity contribution in [2.45, 2.75) is 64.7 Å². The maximum absolute atomic E-state index is 15.2. The first-order valence-corrected chi connectivity index (χ1v) is 13.0. The molecule has 0 spiro atoms. The minimum atomic E-state index is -4.73. The normalized spacial score (nSPS) is 11.7. The first kappa shape index (κ1) is 27.6. The van der Waals surface area contributed by atoms with Crippen LogP contribution in [0.4, 0.5) is 22.0 Å². The van der Waals surface area contributed by atoms with Crippen molar-refractivity contribution in [1.29, 1.82) is 0 Å². The Morgan fingerprint density at radius 3 is 1.97 bits per heavy atom. The van der Waals surface area contributed by atoms with Gasteiger partial charge in [-0.25, -0.2) is 8.78 Å². The quantitative estimate of drug-likeness (QED) is 0.140. The van der Waals surface area contributed by atoms with Crippen molar-refractivity contribution in [3.05, 3.63) is 112 Å². The third-order valence-electron chi connectivity index (χ3n) is 6.81. The molecule has 0 fully saturated rings. The van der Waals surface area contributed by atoms with Crippen molar-refractivity contribution < 1.29 is 26.7 Å². The highest BCUT2D eigenvalue weighted by Gasteiger charge is 2.30. The Labute approximate surface area is 220 Å². The highest BCUT2D eigenvalue weighted by Crippen LogP contribution is 2.26. The van der Waals surface area contributed by atoms with E-state index in [2.05, 4.69) is 11.7 Å². The van der Waals surface area contributed by atoms with E-state index in [0.717, 1.165) is 47.8 Å². The Bertz CT molecular complexity index is 1360. The Morgan fingerprint density at radius 2 is 1.26 bits per heavy atom. The smallest absolute Gasteiger partial charge is 0.406 e. The monoisotopic (exact) mass is 526 g/mol. The van der Waals surface area contributed by atoms with Crippen LogP contribution in [0.3, 0.4) is 0 Å². The van der Waals surface area contributed by atoms with Crippen molar-refractivity contribution in [1.82, 2.24) is 0 Å². The standard InChI is InChI=1S/C32H31F5O/c1-2-3-4-5-23-7-12-25(30(33)21-23)13-8-24-11-19-29-27(20-24)16-15-26(31(29)34)14-6-22-9-17-28(18-10-22)38-32(35,36)37/h7,9-12,15-21H,2-6,8,13-14H2,1H3. The second-order valence-electron chi connectivity index (χ2n) is 9.67. The third kappa shape index (κ3) is 7.56. The van der Waals surface area contributed by atoms with Gasteiger partial charge in [-0.3, -0.25) is 0 Å². The molecule has 0 unspecified atom stereocenters. The molecular formula is C32H31F5O. The number of fused-ring (bicyclic) bond motifs is 1. The van der Waals surface area contributed by atoms with Crippen LogP contribution in [0.2, 0.25) is 0 Å². The number of aryl methyl sites for hydroxylation is 5. The van der Waals surface area contributed by atoms with E-state index < -0.39 is 6.36 Å². The minimum absolute atomic E-state index is 0.169. The van der Waals surface area contributed by atoms with Gasteiger partial charge in [-0.2, -0.15) is 0 Å². The third-order valence-corrected chi connectivity index (χ3v) is 6.81. The van der Waals surface area contributed by atoms with Crippen LogP contribution in [0.1, 0.15) is 54.0 Å². The highest BCUT2D eigenvalue weighted by molar-refractivity contribution is 5.84. The van der Waals surface area contributed by atoms with Crippen LogP contribution < -0.4 is 4.74 Å². The molecule has 0 saturated carbocycles. The first-order valence-electron chi connectivity index (χ1n) is 13.0. The van der Waals surface area contributed by atoms with Gasteiger partial charge in [0.25, 0.3) is 0 Å². The Balaban J connectivity index is 1.37. The van der Waals surface area contributed by atoms with E-state index in [-0.39, 0.29) is 17.4 Å². The summed E-state index contributed by atoms with van der Waals surface area (Å²) in [6.07, 6.45) is 1.63. The second-order valence-corrected chi connectivity index (χ2v) is 9.67. The van der Waals surface area contributed by atoms with Crippen molar-refractivity contribution >= 4 is 10.8 Å². The number of ether oxygens (including phenoxy) is 1. The molecule has 38 heavy (non-hydrogen) atoms. The summed E-state index contributed by atoms with van der Waals surface area (Å²) >= 11 is 0. The lowest BCUT2D eigenvalue weighted by Crippen LogP contribution is -2.17. The Hall–Kier alpha value is -3.41. The molecular weight excluding hydrogens is 495 g/mol. The molecule has 0 aromatic heterocycles. The zero-order chi connectivity index (χ0) is 27.1. The van der Waals surface area contributed by atoms with Gasteiger partial charge in [0.1, 0.15) is 17.4 Å². The number of alkyl halides is 3. The fourth-order valence-corrected chi connectivity index (χ4v) is 4.68. The average molecular weight is 527 g/mol. The predicted molar refractivity (Wildman–Crippen MR) is 141 cm³/mol. The molecule has 0 aliphatic rings. The molecule has 0 bridgehead atoms. The van der Waals surface area contributed by atoms with Crippen LogP contribution >= 0.6 is 0 Å². The van der Waals surface area contributed by atoms with Gasteiger partial charge in [-0.1, -0.05) is 74.4 Å². The molecule has 0 saturated heterocycles. The molecule has 0 radical (unpaired) electrons. The predicted octanol–water partition coefficient (Wildman–Crippen LogP) is 9.32. The van der Waals surface area contributed by atoms with Gasteiger partial charge in [0.05, 0.1) is 0 Å². The maximum Gasteiger partial charge on any atom is 0.573 e. The zero-order valence-electron chi connectivity index (χ0n) is 21.4. The van der Waals surface area contributed by atoms with Crippen molar-refractivity contribution in [2.75, 3.05) is 0 Å². The fraction of sp³-hybridized carbons (Fsp3) is 0.312. The van der Waals surface area contributed by atoms with E-state index in [9.17, 15) is 17.6 Å². The van der Waals surface area contributed by atoms with E-state index >= 15 is 4.39 Å². The van der Waals surface area contributed by atoms with Crippen LogP contribution in [0, 0.1) is 11.6 Å². The molecule has 4 aromatic rings. The molecule has 6 heteroatoms.